The van der Waals surface area contributed by atoms with Crippen LogP contribution < -0.4 is 15.2 Å². The summed E-state index contributed by atoms with van der Waals surface area (Å²) >= 11 is 0. The second-order valence-corrected chi connectivity index (χ2v) is 4.27. The van der Waals surface area contributed by atoms with Gasteiger partial charge in [-0.2, -0.15) is 0 Å². The molecular formula is C14H15N3O4. The van der Waals surface area contributed by atoms with Gasteiger partial charge in [-0.1, -0.05) is 0 Å². The Bertz CT molecular complexity index is 678. The summed E-state index contributed by atoms with van der Waals surface area (Å²) in [6.07, 6.45) is 0. The molecule has 0 amide bonds. The predicted molar refractivity (Wildman–Crippen MR) is 76.7 cm³/mol. The number of aromatic carboxylic acids is 1. The average molecular weight is 289 g/mol. The molecule has 3 N–H and O–H groups in total. The first kappa shape index (κ1) is 14.6. The number of hydrogen-bond donors (Lipinski definition) is 2. The van der Waals surface area contributed by atoms with E-state index in [4.69, 9.17) is 20.3 Å². The van der Waals surface area contributed by atoms with E-state index in [9.17, 15) is 4.79 Å². The summed E-state index contributed by atoms with van der Waals surface area (Å²) in [5, 5.41) is 9.06. The van der Waals surface area contributed by atoms with Crippen molar-refractivity contribution in [2.75, 3.05) is 20.0 Å². The first-order valence-corrected chi connectivity index (χ1v) is 6.07. The molecule has 2 rings (SSSR count). The fourth-order valence-electron chi connectivity index (χ4n) is 1.96. The molecule has 0 aliphatic rings. The third kappa shape index (κ3) is 2.71. The topological polar surface area (TPSA) is 108 Å². The van der Waals surface area contributed by atoms with Crippen molar-refractivity contribution in [3.8, 4) is 22.9 Å². The maximum Gasteiger partial charge on any atom is 0.341 e. The molecular weight excluding hydrogens is 274 g/mol. The van der Waals surface area contributed by atoms with Gasteiger partial charge in [0.05, 0.1) is 19.9 Å². The van der Waals surface area contributed by atoms with Crippen LogP contribution in [0.15, 0.2) is 18.2 Å². The van der Waals surface area contributed by atoms with Crippen LogP contribution >= 0.6 is 0 Å². The number of nitrogen functional groups attached to an aromatic ring is 1. The SMILES string of the molecule is COc1ccc(-c2nc(C)c(C(=O)O)c(N)n2)cc1OC. The normalized spacial score (nSPS) is 10.2. The number of carboxylic acid groups (broad SMARTS) is 1. The molecule has 0 fully saturated rings. The minimum absolute atomic E-state index is 0.0696. The zero-order chi connectivity index (χ0) is 15.6. The van der Waals surface area contributed by atoms with Gasteiger partial charge in [0, 0.05) is 5.56 Å². The van der Waals surface area contributed by atoms with Crippen molar-refractivity contribution in [2.24, 2.45) is 0 Å². The molecule has 0 spiro atoms. The number of methoxy groups -OCH3 is 2. The van der Waals surface area contributed by atoms with E-state index in [1.54, 1.807) is 25.1 Å². The number of nitrogens with two attached hydrogens (primary N) is 1. The molecule has 21 heavy (non-hydrogen) atoms. The largest absolute Gasteiger partial charge is 0.493 e. The number of benzene rings is 1. The molecule has 1 heterocycles. The molecule has 2 aromatic rings. The number of nitrogens with zero attached hydrogens (tertiary/aromatic N) is 2. The van der Waals surface area contributed by atoms with Gasteiger partial charge >= 0.3 is 5.97 Å². The van der Waals surface area contributed by atoms with E-state index in [-0.39, 0.29) is 11.4 Å². The van der Waals surface area contributed by atoms with E-state index >= 15 is 0 Å². The van der Waals surface area contributed by atoms with Gasteiger partial charge in [0.15, 0.2) is 17.3 Å². The molecule has 0 unspecified atom stereocenters. The van der Waals surface area contributed by atoms with Crippen LogP contribution in [0.1, 0.15) is 16.1 Å². The number of carboxylic acids is 1. The van der Waals surface area contributed by atoms with E-state index < -0.39 is 5.97 Å². The standard InChI is InChI=1S/C14H15N3O4/c1-7-11(14(18)19)12(15)17-13(16-7)8-4-5-9(20-2)10(6-8)21-3/h4-6H,1-3H3,(H,18,19)(H2,15,16,17). The lowest BCUT2D eigenvalue weighted by Crippen LogP contribution is -2.10. The highest BCUT2D eigenvalue weighted by Gasteiger charge is 2.17. The third-order valence-corrected chi connectivity index (χ3v) is 2.97. The third-order valence-electron chi connectivity index (χ3n) is 2.97. The van der Waals surface area contributed by atoms with E-state index in [1.165, 1.54) is 14.2 Å². The van der Waals surface area contributed by atoms with Crippen molar-refractivity contribution in [1.29, 1.82) is 0 Å². The Morgan fingerprint density at radius 3 is 2.38 bits per heavy atom. The Morgan fingerprint density at radius 2 is 1.86 bits per heavy atom. The van der Waals surface area contributed by atoms with Crippen LogP contribution in [0.5, 0.6) is 11.5 Å². The van der Waals surface area contributed by atoms with Crippen LogP contribution in [-0.4, -0.2) is 35.3 Å². The zero-order valence-corrected chi connectivity index (χ0v) is 11.9. The Kier molecular flexibility index (Phi) is 3.93. The van der Waals surface area contributed by atoms with Gasteiger partial charge in [0.25, 0.3) is 0 Å². The smallest absolute Gasteiger partial charge is 0.341 e. The summed E-state index contributed by atoms with van der Waals surface area (Å²) in [6.45, 7) is 1.58. The van der Waals surface area contributed by atoms with Crippen molar-refractivity contribution in [3.05, 3.63) is 29.5 Å². The number of aryl methyl sites for hydroxylation is 1. The minimum atomic E-state index is -1.15. The molecule has 0 saturated heterocycles. The summed E-state index contributed by atoms with van der Waals surface area (Å²) in [4.78, 5) is 19.3. The van der Waals surface area contributed by atoms with Crippen LogP contribution in [0.25, 0.3) is 11.4 Å². The van der Waals surface area contributed by atoms with E-state index in [0.717, 1.165) is 0 Å². The number of carbonyl (C=O) groups is 1. The molecule has 1 aromatic carbocycles. The molecule has 7 nitrogen and oxygen atoms in total. The second kappa shape index (κ2) is 5.66. The van der Waals surface area contributed by atoms with Gasteiger partial charge in [0.2, 0.25) is 0 Å². The molecule has 0 saturated carbocycles. The molecule has 0 aliphatic heterocycles. The Hall–Kier alpha value is -2.83. The van der Waals surface area contributed by atoms with E-state index in [2.05, 4.69) is 9.97 Å². The highest BCUT2D eigenvalue weighted by atomic mass is 16.5. The molecule has 110 valence electrons. The summed E-state index contributed by atoms with van der Waals surface area (Å²) < 4.78 is 10.4. The van der Waals surface area contributed by atoms with Gasteiger partial charge in [0.1, 0.15) is 11.4 Å². The molecule has 7 heteroatoms. The van der Waals surface area contributed by atoms with Crippen LogP contribution in [0, 0.1) is 6.92 Å². The number of anilines is 1. The van der Waals surface area contributed by atoms with Gasteiger partial charge in [-0.25, -0.2) is 14.8 Å². The zero-order valence-electron chi connectivity index (χ0n) is 11.9. The lowest BCUT2D eigenvalue weighted by molar-refractivity contribution is 0.0696. The lowest BCUT2D eigenvalue weighted by Gasteiger charge is -2.10. The molecule has 0 bridgehead atoms. The summed E-state index contributed by atoms with van der Waals surface area (Å²) in [7, 11) is 3.06. The number of ether oxygens (including phenoxy) is 2. The van der Waals surface area contributed by atoms with E-state index in [1.807, 2.05) is 0 Å². The van der Waals surface area contributed by atoms with Crippen molar-refractivity contribution in [1.82, 2.24) is 9.97 Å². The van der Waals surface area contributed by atoms with E-state index in [0.29, 0.717) is 28.6 Å². The average Bonchev–Trinajstić information content (AvgIpc) is 2.45. The van der Waals surface area contributed by atoms with Crippen LogP contribution in [0.4, 0.5) is 5.82 Å². The van der Waals surface area contributed by atoms with Crippen LogP contribution in [-0.2, 0) is 0 Å². The Morgan fingerprint density at radius 1 is 1.19 bits per heavy atom. The fraction of sp³-hybridized carbons (Fsp3) is 0.214. The van der Waals surface area contributed by atoms with Crippen molar-refractivity contribution in [2.45, 2.75) is 6.92 Å². The van der Waals surface area contributed by atoms with Gasteiger partial charge < -0.3 is 20.3 Å². The minimum Gasteiger partial charge on any atom is -0.493 e. The summed E-state index contributed by atoms with van der Waals surface area (Å²) in [5.74, 6) is 0.213. The maximum absolute atomic E-state index is 11.1. The van der Waals surface area contributed by atoms with Gasteiger partial charge in [-0.05, 0) is 25.1 Å². The number of rotatable bonds is 4. The summed E-state index contributed by atoms with van der Waals surface area (Å²) in [5.41, 5.74) is 6.57. The highest BCUT2D eigenvalue weighted by molar-refractivity contribution is 5.94. The fourth-order valence-corrected chi connectivity index (χ4v) is 1.96. The first-order valence-electron chi connectivity index (χ1n) is 6.07. The van der Waals surface area contributed by atoms with Gasteiger partial charge in [-0.3, -0.25) is 0 Å². The molecule has 1 aromatic heterocycles. The second-order valence-electron chi connectivity index (χ2n) is 4.27. The first-order chi connectivity index (χ1) is 9.97. The maximum atomic E-state index is 11.1. The monoisotopic (exact) mass is 289 g/mol. The Labute approximate surface area is 121 Å². The number of hydrogen-bond acceptors (Lipinski definition) is 6. The lowest BCUT2D eigenvalue weighted by atomic mass is 10.1. The van der Waals surface area contributed by atoms with Crippen molar-refractivity contribution in [3.63, 3.8) is 0 Å². The number of aromatic nitrogens is 2. The molecule has 0 radical (unpaired) electrons. The van der Waals surface area contributed by atoms with Crippen molar-refractivity contribution >= 4 is 11.8 Å². The van der Waals surface area contributed by atoms with Crippen molar-refractivity contribution < 1.29 is 19.4 Å². The summed E-state index contributed by atoms with van der Waals surface area (Å²) in [6, 6.07) is 5.16. The Balaban J connectivity index is 2.55. The predicted octanol–water partition coefficient (Wildman–Crippen LogP) is 1.75. The van der Waals surface area contributed by atoms with Crippen LogP contribution in [0.2, 0.25) is 0 Å². The highest BCUT2D eigenvalue weighted by Crippen LogP contribution is 2.31. The molecule has 0 aliphatic carbocycles. The molecule has 0 atom stereocenters. The van der Waals surface area contributed by atoms with Gasteiger partial charge in [-0.15, -0.1) is 0 Å². The quantitative estimate of drug-likeness (QED) is 0.882. The van der Waals surface area contributed by atoms with Crippen LogP contribution in [0.3, 0.4) is 0 Å².